The van der Waals surface area contributed by atoms with Gasteiger partial charge in [0.05, 0.1) is 10.8 Å². The maximum Gasteiger partial charge on any atom is 0.304 e. The van der Waals surface area contributed by atoms with E-state index in [1.165, 1.54) is 4.88 Å². The number of carbonyl (C=O) groups is 1. The van der Waals surface area contributed by atoms with Crippen LogP contribution in [0.3, 0.4) is 0 Å². The molecule has 1 aromatic heterocycles. The van der Waals surface area contributed by atoms with E-state index in [9.17, 15) is 4.79 Å². The van der Waals surface area contributed by atoms with Crippen molar-refractivity contribution >= 4 is 40.7 Å². The number of thiophene rings is 1. The minimum atomic E-state index is -0.739. The van der Waals surface area contributed by atoms with Gasteiger partial charge >= 0.3 is 5.97 Å². The topological polar surface area (TPSA) is 37.3 Å². The number of hydrogen-bond acceptors (Lipinski definition) is 3. The van der Waals surface area contributed by atoms with Gasteiger partial charge in [-0.3, -0.25) is 4.79 Å². The third-order valence-corrected chi connectivity index (χ3v) is 3.76. The number of thioether (sulfide) groups is 1. The van der Waals surface area contributed by atoms with Crippen LogP contribution in [-0.2, 0) is 10.5 Å². The first-order valence-corrected chi connectivity index (χ1v) is 6.07. The van der Waals surface area contributed by atoms with Gasteiger partial charge in [-0.1, -0.05) is 11.6 Å². The second kappa shape index (κ2) is 5.52. The molecule has 0 spiro atoms. The van der Waals surface area contributed by atoms with Gasteiger partial charge in [0.25, 0.3) is 0 Å². The second-order valence-corrected chi connectivity index (χ2v) is 5.31. The van der Waals surface area contributed by atoms with E-state index < -0.39 is 5.97 Å². The molecule has 0 unspecified atom stereocenters. The maximum absolute atomic E-state index is 10.2. The zero-order chi connectivity index (χ0) is 9.68. The van der Waals surface area contributed by atoms with Gasteiger partial charge in [0.2, 0.25) is 0 Å². The SMILES string of the molecule is O=C(O)CCSCc1ccc(Cl)s1. The van der Waals surface area contributed by atoms with E-state index in [0.29, 0.717) is 5.75 Å². The van der Waals surface area contributed by atoms with Crippen molar-refractivity contribution in [3.8, 4) is 0 Å². The van der Waals surface area contributed by atoms with E-state index >= 15 is 0 Å². The van der Waals surface area contributed by atoms with Crippen LogP contribution in [0.4, 0.5) is 0 Å². The van der Waals surface area contributed by atoms with Crippen LogP contribution in [0.25, 0.3) is 0 Å². The smallest absolute Gasteiger partial charge is 0.304 e. The van der Waals surface area contributed by atoms with Crippen LogP contribution in [0, 0.1) is 0 Å². The molecule has 0 saturated carbocycles. The number of halogens is 1. The number of hydrogen-bond donors (Lipinski definition) is 1. The van der Waals surface area contributed by atoms with E-state index in [4.69, 9.17) is 16.7 Å². The molecule has 0 saturated heterocycles. The molecule has 0 atom stereocenters. The van der Waals surface area contributed by atoms with E-state index in [0.717, 1.165) is 10.1 Å². The molecule has 0 radical (unpaired) electrons. The Morgan fingerprint density at radius 2 is 2.38 bits per heavy atom. The molecule has 0 fully saturated rings. The zero-order valence-electron chi connectivity index (χ0n) is 6.83. The maximum atomic E-state index is 10.2. The van der Waals surface area contributed by atoms with Crippen molar-refractivity contribution in [2.45, 2.75) is 12.2 Å². The van der Waals surface area contributed by atoms with Crippen molar-refractivity contribution in [2.24, 2.45) is 0 Å². The molecule has 1 aromatic rings. The van der Waals surface area contributed by atoms with Crippen molar-refractivity contribution in [2.75, 3.05) is 5.75 Å². The highest BCUT2D eigenvalue weighted by atomic mass is 35.5. The monoisotopic (exact) mass is 236 g/mol. The average Bonchev–Trinajstić information content (AvgIpc) is 2.45. The Morgan fingerprint density at radius 3 is 2.92 bits per heavy atom. The molecule has 0 aliphatic carbocycles. The zero-order valence-corrected chi connectivity index (χ0v) is 9.21. The summed E-state index contributed by atoms with van der Waals surface area (Å²) in [5.74, 6) is 0.770. The highest BCUT2D eigenvalue weighted by Gasteiger charge is 2.00. The molecule has 0 aromatic carbocycles. The van der Waals surface area contributed by atoms with Crippen molar-refractivity contribution in [1.29, 1.82) is 0 Å². The summed E-state index contributed by atoms with van der Waals surface area (Å²) in [7, 11) is 0. The van der Waals surface area contributed by atoms with E-state index in [2.05, 4.69) is 0 Å². The number of aliphatic carboxylic acids is 1. The van der Waals surface area contributed by atoms with Gasteiger partial charge in [0, 0.05) is 16.4 Å². The molecule has 2 nitrogen and oxygen atoms in total. The fourth-order valence-corrected chi connectivity index (χ4v) is 2.89. The summed E-state index contributed by atoms with van der Waals surface area (Å²) < 4.78 is 0.786. The van der Waals surface area contributed by atoms with E-state index in [1.807, 2.05) is 12.1 Å². The van der Waals surface area contributed by atoms with Crippen LogP contribution in [0.15, 0.2) is 12.1 Å². The quantitative estimate of drug-likeness (QED) is 0.799. The summed E-state index contributed by atoms with van der Waals surface area (Å²) in [4.78, 5) is 11.4. The Bertz CT molecular complexity index is 285. The fourth-order valence-electron chi connectivity index (χ4n) is 0.762. The molecule has 1 rings (SSSR count). The Balaban J connectivity index is 2.16. The lowest BCUT2D eigenvalue weighted by molar-refractivity contribution is -0.136. The van der Waals surface area contributed by atoms with Crippen LogP contribution in [-0.4, -0.2) is 16.8 Å². The molecule has 0 aliphatic heterocycles. The Labute approximate surface area is 89.9 Å². The highest BCUT2D eigenvalue weighted by Crippen LogP contribution is 2.25. The van der Waals surface area contributed by atoms with Crippen molar-refractivity contribution in [1.82, 2.24) is 0 Å². The van der Waals surface area contributed by atoms with Gasteiger partial charge < -0.3 is 5.11 Å². The van der Waals surface area contributed by atoms with Gasteiger partial charge in [-0.05, 0) is 12.1 Å². The first kappa shape index (κ1) is 10.9. The molecule has 72 valence electrons. The molecular weight excluding hydrogens is 228 g/mol. The number of carboxylic acid groups (broad SMARTS) is 1. The van der Waals surface area contributed by atoms with Crippen LogP contribution in [0.5, 0.6) is 0 Å². The normalized spacial score (nSPS) is 10.2. The third kappa shape index (κ3) is 4.55. The lowest BCUT2D eigenvalue weighted by atomic mass is 10.5. The Hall–Kier alpha value is -0.190. The lowest BCUT2D eigenvalue weighted by Crippen LogP contribution is -1.95. The first-order valence-electron chi connectivity index (χ1n) is 3.72. The minimum Gasteiger partial charge on any atom is -0.481 e. The number of rotatable bonds is 5. The molecule has 0 aliphatic rings. The lowest BCUT2D eigenvalue weighted by Gasteiger charge is -1.95. The predicted octanol–water partition coefficient (Wildman–Crippen LogP) is 3.11. The largest absolute Gasteiger partial charge is 0.481 e. The minimum absolute atomic E-state index is 0.226. The third-order valence-electron chi connectivity index (χ3n) is 1.33. The number of carboxylic acids is 1. The predicted molar refractivity (Wildman–Crippen MR) is 57.7 cm³/mol. The standard InChI is InChI=1S/C8H9ClO2S2/c9-7-2-1-6(13-7)5-12-4-3-8(10)11/h1-2H,3-5H2,(H,10,11). The van der Waals surface area contributed by atoms with Crippen molar-refractivity contribution in [3.05, 3.63) is 21.3 Å². The second-order valence-electron chi connectivity index (χ2n) is 2.40. The van der Waals surface area contributed by atoms with Gasteiger partial charge in [0.15, 0.2) is 0 Å². The van der Waals surface area contributed by atoms with Crippen LogP contribution in [0.1, 0.15) is 11.3 Å². The Kier molecular flexibility index (Phi) is 4.62. The highest BCUT2D eigenvalue weighted by molar-refractivity contribution is 7.98. The van der Waals surface area contributed by atoms with Crippen molar-refractivity contribution in [3.63, 3.8) is 0 Å². The average molecular weight is 237 g/mol. The summed E-state index contributed by atoms with van der Waals surface area (Å²) >= 11 is 8.90. The molecule has 0 amide bonds. The van der Waals surface area contributed by atoms with Gasteiger partial charge in [-0.2, -0.15) is 11.8 Å². The molecule has 1 heterocycles. The molecule has 1 N–H and O–H groups in total. The molecular formula is C8H9ClO2S2. The summed E-state index contributed by atoms with van der Waals surface area (Å²) in [6.07, 6.45) is 0.226. The summed E-state index contributed by atoms with van der Waals surface area (Å²) in [5, 5.41) is 8.38. The summed E-state index contributed by atoms with van der Waals surface area (Å²) in [5.41, 5.74) is 0. The van der Waals surface area contributed by atoms with Crippen LogP contribution >= 0.6 is 34.7 Å². The van der Waals surface area contributed by atoms with Crippen LogP contribution < -0.4 is 0 Å². The fraction of sp³-hybridized carbons (Fsp3) is 0.375. The van der Waals surface area contributed by atoms with Crippen LogP contribution in [0.2, 0.25) is 4.34 Å². The Morgan fingerprint density at radius 1 is 1.62 bits per heavy atom. The van der Waals surface area contributed by atoms with Crippen molar-refractivity contribution < 1.29 is 9.90 Å². The first-order chi connectivity index (χ1) is 6.18. The van der Waals surface area contributed by atoms with Gasteiger partial charge in [-0.15, -0.1) is 11.3 Å². The van der Waals surface area contributed by atoms with Gasteiger partial charge in [-0.25, -0.2) is 0 Å². The molecule has 13 heavy (non-hydrogen) atoms. The summed E-state index contributed by atoms with van der Waals surface area (Å²) in [6, 6.07) is 3.83. The van der Waals surface area contributed by atoms with E-state index in [1.54, 1.807) is 23.1 Å². The van der Waals surface area contributed by atoms with E-state index in [-0.39, 0.29) is 6.42 Å². The van der Waals surface area contributed by atoms with Gasteiger partial charge in [0.1, 0.15) is 0 Å². The molecule has 0 bridgehead atoms. The molecule has 5 heteroatoms. The summed E-state index contributed by atoms with van der Waals surface area (Å²) in [6.45, 7) is 0.